The van der Waals surface area contributed by atoms with E-state index in [1.54, 1.807) is 6.07 Å². The molecule has 1 aliphatic rings. The van der Waals surface area contributed by atoms with Crippen LogP contribution in [0.25, 0.3) is 0 Å². The molecule has 0 aromatic carbocycles. The second kappa shape index (κ2) is 1.81. The number of ketones is 1. The van der Waals surface area contributed by atoms with Crippen molar-refractivity contribution in [2.75, 3.05) is 0 Å². The monoisotopic (exact) mass is 139 g/mol. The zero-order chi connectivity index (χ0) is 7.78. The molecule has 0 radical (unpaired) electrons. The minimum atomic E-state index is -1.39. The summed E-state index contributed by atoms with van der Waals surface area (Å²) < 4.78 is 0. The molecule has 0 aromatic heterocycles. The number of carbonyl (C=O) groups is 2. The molecule has 0 aliphatic heterocycles. The van der Waals surface area contributed by atoms with Crippen LogP contribution < -0.4 is 0 Å². The lowest BCUT2D eigenvalue weighted by molar-refractivity contribution is -0.155. The summed E-state index contributed by atoms with van der Waals surface area (Å²) in [5, 5.41) is 16.8. The van der Waals surface area contributed by atoms with Crippen LogP contribution in [-0.4, -0.2) is 16.9 Å². The van der Waals surface area contributed by atoms with Gasteiger partial charge < -0.3 is 5.11 Å². The van der Waals surface area contributed by atoms with Crippen molar-refractivity contribution >= 4 is 11.8 Å². The van der Waals surface area contributed by atoms with E-state index in [0.717, 1.165) is 0 Å². The number of Topliss-reactive ketones (excluding diaryl/α,β-unsaturated/α-hetero) is 1. The standard InChI is InChI=1S/C6H5NO3/c7-3-6(5(9)10)1-4(8)2-6/h1-2H2,(H,9,10). The molecule has 4 heteroatoms. The molecule has 0 atom stereocenters. The van der Waals surface area contributed by atoms with E-state index in [1.165, 1.54) is 0 Å². The van der Waals surface area contributed by atoms with Crippen LogP contribution in [0.2, 0.25) is 0 Å². The Morgan fingerprint density at radius 1 is 1.70 bits per heavy atom. The third-order valence-electron chi connectivity index (χ3n) is 1.62. The van der Waals surface area contributed by atoms with Gasteiger partial charge in [-0.05, 0) is 0 Å². The van der Waals surface area contributed by atoms with E-state index in [9.17, 15) is 9.59 Å². The van der Waals surface area contributed by atoms with Crippen molar-refractivity contribution in [3.05, 3.63) is 0 Å². The maximum atomic E-state index is 10.4. The molecule has 0 bridgehead atoms. The van der Waals surface area contributed by atoms with Crippen molar-refractivity contribution in [3.63, 3.8) is 0 Å². The van der Waals surface area contributed by atoms with Crippen molar-refractivity contribution < 1.29 is 14.7 Å². The Morgan fingerprint density at radius 3 is 2.30 bits per heavy atom. The molecule has 1 saturated carbocycles. The van der Waals surface area contributed by atoms with Gasteiger partial charge in [0, 0.05) is 12.8 Å². The highest BCUT2D eigenvalue weighted by atomic mass is 16.4. The van der Waals surface area contributed by atoms with Crippen LogP contribution in [0.4, 0.5) is 0 Å². The van der Waals surface area contributed by atoms with Crippen LogP contribution >= 0.6 is 0 Å². The molecule has 52 valence electrons. The van der Waals surface area contributed by atoms with Crippen LogP contribution in [0, 0.1) is 16.7 Å². The van der Waals surface area contributed by atoms with E-state index in [0.29, 0.717) is 0 Å². The van der Waals surface area contributed by atoms with Gasteiger partial charge in [-0.2, -0.15) is 5.26 Å². The third kappa shape index (κ3) is 0.676. The van der Waals surface area contributed by atoms with E-state index in [2.05, 4.69) is 0 Å². The van der Waals surface area contributed by atoms with Crippen molar-refractivity contribution in [3.8, 4) is 6.07 Å². The number of carbonyl (C=O) groups excluding carboxylic acids is 1. The maximum absolute atomic E-state index is 10.4. The topological polar surface area (TPSA) is 78.2 Å². The van der Waals surface area contributed by atoms with Crippen LogP contribution in [0.3, 0.4) is 0 Å². The molecule has 1 rings (SSSR count). The molecule has 0 amide bonds. The number of nitrogens with zero attached hydrogens (tertiary/aromatic N) is 1. The number of carboxylic acids is 1. The Morgan fingerprint density at radius 2 is 2.20 bits per heavy atom. The van der Waals surface area contributed by atoms with Crippen LogP contribution in [0.15, 0.2) is 0 Å². The number of rotatable bonds is 1. The Hall–Kier alpha value is -1.37. The lowest BCUT2D eigenvalue weighted by Gasteiger charge is -2.28. The van der Waals surface area contributed by atoms with E-state index >= 15 is 0 Å². The number of nitriles is 1. The molecular formula is C6H5NO3. The molecule has 1 aliphatic carbocycles. The van der Waals surface area contributed by atoms with Gasteiger partial charge in [-0.1, -0.05) is 0 Å². The Kier molecular flexibility index (Phi) is 1.22. The molecular weight excluding hydrogens is 134 g/mol. The Labute approximate surface area is 57.1 Å². The van der Waals surface area contributed by atoms with Crippen LogP contribution in [0.1, 0.15) is 12.8 Å². The Bertz CT molecular complexity index is 230. The summed E-state index contributed by atoms with van der Waals surface area (Å²) in [5.41, 5.74) is -1.39. The molecule has 0 saturated heterocycles. The highest BCUT2D eigenvalue weighted by Gasteiger charge is 2.50. The molecule has 1 N–H and O–H groups in total. The first kappa shape index (κ1) is 6.75. The van der Waals surface area contributed by atoms with E-state index in [4.69, 9.17) is 10.4 Å². The van der Waals surface area contributed by atoms with Gasteiger partial charge in [0.25, 0.3) is 0 Å². The minimum absolute atomic E-state index is 0.126. The summed E-state index contributed by atoms with van der Waals surface area (Å²) in [6, 6.07) is 1.62. The summed E-state index contributed by atoms with van der Waals surface area (Å²) in [7, 11) is 0. The average Bonchev–Trinajstić information content (AvgIpc) is 1.79. The van der Waals surface area contributed by atoms with Gasteiger partial charge in [-0.3, -0.25) is 9.59 Å². The number of hydrogen-bond acceptors (Lipinski definition) is 3. The fourth-order valence-corrected chi connectivity index (χ4v) is 0.900. The smallest absolute Gasteiger partial charge is 0.324 e. The lowest BCUT2D eigenvalue weighted by Crippen LogP contribution is -2.42. The van der Waals surface area contributed by atoms with E-state index < -0.39 is 11.4 Å². The van der Waals surface area contributed by atoms with E-state index in [-0.39, 0.29) is 18.6 Å². The van der Waals surface area contributed by atoms with Gasteiger partial charge in [-0.15, -0.1) is 0 Å². The quantitative estimate of drug-likeness (QED) is 0.552. The first-order valence-electron chi connectivity index (χ1n) is 2.77. The molecule has 0 aromatic rings. The second-order valence-corrected chi connectivity index (χ2v) is 2.39. The molecule has 4 nitrogen and oxygen atoms in total. The van der Waals surface area contributed by atoms with Crippen molar-refractivity contribution in [2.24, 2.45) is 5.41 Å². The van der Waals surface area contributed by atoms with E-state index in [1.807, 2.05) is 0 Å². The predicted molar refractivity (Wildman–Crippen MR) is 29.9 cm³/mol. The first-order valence-corrected chi connectivity index (χ1v) is 2.77. The molecule has 0 heterocycles. The van der Waals surface area contributed by atoms with Crippen LogP contribution in [-0.2, 0) is 9.59 Å². The van der Waals surface area contributed by atoms with Crippen molar-refractivity contribution in [2.45, 2.75) is 12.8 Å². The zero-order valence-corrected chi connectivity index (χ0v) is 5.13. The number of carboxylic acid groups (broad SMARTS) is 1. The fraction of sp³-hybridized carbons (Fsp3) is 0.500. The lowest BCUT2D eigenvalue weighted by atomic mass is 9.69. The summed E-state index contributed by atoms with van der Waals surface area (Å²) >= 11 is 0. The minimum Gasteiger partial charge on any atom is -0.480 e. The normalized spacial score (nSPS) is 20.9. The molecule has 0 spiro atoms. The summed E-state index contributed by atoms with van der Waals surface area (Å²) in [4.78, 5) is 20.7. The first-order chi connectivity index (χ1) is 4.60. The Balaban J connectivity index is 2.77. The van der Waals surface area contributed by atoms with Crippen molar-refractivity contribution in [1.29, 1.82) is 5.26 Å². The third-order valence-corrected chi connectivity index (χ3v) is 1.62. The second-order valence-electron chi connectivity index (χ2n) is 2.39. The van der Waals surface area contributed by atoms with Crippen molar-refractivity contribution in [1.82, 2.24) is 0 Å². The highest BCUT2D eigenvalue weighted by Crippen LogP contribution is 2.37. The average molecular weight is 139 g/mol. The summed E-state index contributed by atoms with van der Waals surface area (Å²) in [6.07, 6.45) is -0.252. The maximum Gasteiger partial charge on any atom is 0.324 e. The van der Waals surface area contributed by atoms with Gasteiger partial charge >= 0.3 is 5.97 Å². The predicted octanol–water partition coefficient (Wildman–Crippen LogP) is -0.0561. The summed E-state index contributed by atoms with van der Waals surface area (Å²) in [5.74, 6) is -1.33. The summed E-state index contributed by atoms with van der Waals surface area (Å²) in [6.45, 7) is 0. The molecule has 10 heavy (non-hydrogen) atoms. The van der Waals surface area contributed by atoms with Gasteiger partial charge in [0.1, 0.15) is 5.78 Å². The van der Waals surface area contributed by atoms with Gasteiger partial charge in [-0.25, -0.2) is 0 Å². The molecule has 1 fully saturated rings. The largest absolute Gasteiger partial charge is 0.480 e. The van der Waals surface area contributed by atoms with Gasteiger partial charge in [0.05, 0.1) is 6.07 Å². The zero-order valence-electron chi connectivity index (χ0n) is 5.13. The number of hydrogen-bond donors (Lipinski definition) is 1. The fourth-order valence-electron chi connectivity index (χ4n) is 0.900. The molecule has 0 unspecified atom stereocenters. The SMILES string of the molecule is N#CC1(C(=O)O)CC(=O)C1. The number of aliphatic carboxylic acids is 1. The highest BCUT2D eigenvalue weighted by molar-refractivity contribution is 5.99. The van der Waals surface area contributed by atoms with Gasteiger partial charge in [0.15, 0.2) is 5.41 Å². The van der Waals surface area contributed by atoms with Gasteiger partial charge in [0.2, 0.25) is 0 Å². The van der Waals surface area contributed by atoms with Crippen LogP contribution in [0.5, 0.6) is 0 Å².